The van der Waals surface area contributed by atoms with Gasteiger partial charge >= 0.3 is 0 Å². The third kappa shape index (κ3) is 1.96. The minimum atomic E-state index is -1.34. The van der Waals surface area contributed by atoms with Gasteiger partial charge in [0, 0.05) is 6.20 Å². The largest absolute Gasteiger partial charge is 0.508 e. The van der Waals surface area contributed by atoms with E-state index in [0.29, 0.717) is 11.2 Å². The van der Waals surface area contributed by atoms with Crippen molar-refractivity contribution in [1.82, 2.24) is 19.5 Å². The molecule has 2 aromatic rings. The van der Waals surface area contributed by atoms with Gasteiger partial charge in [0.25, 0.3) is 0 Å². The van der Waals surface area contributed by atoms with Crippen LogP contribution in [0.5, 0.6) is 0 Å². The zero-order valence-electron chi connectivity index (χ0n) is 10.7. The van der Waals surface area contributed by atoms with Crippen LogP contribution in [0.1, 0.15) is 6.23 Å². The van der Waals surface area contributed by atoms with Crippen LogP contribution in [0.4, 0.5) is 5.82 Å². The molecule has 7 N–H and O–H groups in total. The summed E-state index contributed by atoms with van der Waals surface area (Å²) in [5.41, 5.74) is 11.6. The topological polar surface area (TPSA) is 166 Å². The van der Waals surface area contributed by atoms with E-state index in [2.05, 4.69) is 15.0 Å². The molecule has 0 radical (unpaired) electrons. The first-order valence-electron chi connectivity index (χ1n) is 6.10. The van der Waals surface area contributed by atoms with Gasteiger partial charge in [-0.15, -0.1) is 0 Å². The summed E-state index contributed by atoms with van der Waals surface area (Å²) in [6.07, 6.45) is -1.26. The van der Waals surface area contributed by atoms with Crippen molar-refractivity contribution in [3.05, 3.63) is 24.6 Å². The van der Waals surface area contributed by atoms with Crippen molar-refractivity contribution >= 4 is 17.0 Å². The lowest BCUT2D eigenvalue weighted by molar-refractivity contribution is -0.0341. The minimum absolute atomic E-state index is 0.188. The number of hydrogen-bond donors (Lipinski definition) is 5. The lowest BCUT2D eigenvalue weighted by Crippen LogP contribution is -2.32. The van der Waals surface area contributed by atoms with Gasteiger partial charge in [-0.3, -0.25) is 4.57 Å². The van der Waals surface area contributed by atoms with Gasteiger partial charge in [-0.05, 0) is 0 Å². The van der Waals surface area contributed by atoms with E-state index in [-0.39, 0.29) is 11.6 Å². The van der Waals surface area contributed by atoms with E-state index < -0.39 is 24.5 Å². The van der Waals surface area contributed by atoms with Crippen LogP contribution in [-0.4, -0.2) is 53.2 Å². The van der Waals surface area contributed by atoms with Gasteiger partial charge in [0.05, 0.1) is 6.33 Å². The van der Waals surface area contributed by atoms with Crippen LogP contribution in [0.15, 0.2) is 24.6 Å². The maximum absolute atomic E-state index is 10.1. The number of ether oxygens (including phenoxy) is 1. The van der Waals surface area contributed by atoms with Crippen LogP contribution < -0.4 is 11.5 Å². The number of nitrogens with two attached hydrogens (primary N) is 2. The van der Waals surface area contributed by atoms with Crippen molar-refractivity contribution in [2.75, 3.05) is 5.73 Å². The average molecular weight is 294 g/mol. The first kappa shape index (κ1) is 13.5. The van der Waals surface area contributed by atoms with Crippen LogP contribution in [0.2, 0.25) is 0 Å². The molecule has 0 unspecified atom stereocenters. The maximum Gasteiger partial charge on any atom is 0.167 e. The van der Waals surface area contributed by atoms with Crippen molar-refractivity contribution in [1.29, 1.82) is 0 Å². The van der Waals surface area contributed by atoms with Gasteiger partial charge in [-0.2, -0.15) is 0 Å². The van der Waals surface area contributed by atoms with Crippen LogP contribution in [-0.2, 0) is 4.74 Å². The molecule has 1 aliphatic heterocycles. The molecule has 0 spiro atoms. The highest BCUT2D eigenvalue weighted by Gasteiger charge is 2.46. The smallest absolute Gasteiger partial charge is 0.167 e. The number of aliphatic hydroxyl groups excluding tert-OH is 3. The molecule has 0 bridgehead atoms. The lowest BCUT2D eigenvalue weighted by Gasteiger charge is -2.16. The molecule has 10 heteroatoms. The molecule has 10 nitrogen and oxygen atoms in total. The Hall–Kier alpha value is -2.43. The molecule has 0 aromatic carbocycles. The maximum atomic E-state index is 10.1. The van der Waals surface area contributed by atoms with Crippen LogP contribution >= 0.6 is 0 Å². The quantitative estimate of drug-likeness (QED) is 0.409. The number of aliphatic hydroxyl groups is 3. The predicted octanol–water partition coefficient (Wildman–Crippen LogP) is -1.61. The van der Waals surface area contributed by atoms with Crippen molar-refractivity contribution in [2.24, 2.45) is 5.73 Å². The number of rotatable bonds is 2. The zero-order chi connectivity index (χ0) is 15.1. The molecule has 3 heterocycles. The first-order chi connectivity index (χ1) is 10.0. The summed E-state index contributed by atoms with van der Waals surface area (Å²) in [5.74, 6) is -0.185. The summed E-state index contributed by atoms with van der Waals surface area (Å²) in [7, 11) is 0. The van der Waals surface area contributed by atoms with E-state index in [1.807, 2.05) is 0 Å². The lowest BCUT2D eigenvalue weighted by atomic mass is 10.1. The Morgan fingerprint density at radius 2 is 2.05 bits per heavy atom. The average Bonchev–Trinajstić information content (AvgIpc) is 3.02. The Morgan fingerprint density at radius 3 is 2.76 bits per heavy atom. The summed E-state index contributed by atoms with van der Waals surface area (Å²) in [5, 5.41) is 29.6. The molecular formula is C11H14N6O4. The van der Waals surface area contributed by atoms with E-state index in [0.717, 1.165) is 6.20 Å². The highest BCUT2D eigenvalue weighted by atomic mass is 16.6. The summed E-state index contributed by atoms with van der Waals surface area (Å²) in [6.45, 7) is 0. The van der Waals surface area contributed by atoms with Gasteiger partial charge in [-0.1, -0.05) is 0 Å². The number of nitrogens with zero attached hydrogens (tertiary/aromatic N) is 4. The van der Waals surface area contributed by atoms with Crippen molar-refractivity contribution in [3.63, 3.8) is 0 Å². The molecule has 0 amide bonds. The third-order valence-corrected chi connectivity index (χ3v) is 3.36. The number of hydrogen-bond acceptors (Lipinski definition) is 9. The molecule has 0 saturated carbocycles. The molecule has 0 aliphatic carbocycles. The van der Waals surface area contributed by atoms with Gasteiger partial charge in [0.2, 0.25) is 0 Å². The second-order valence-electron chi connectivity index (χ2n) is 4.60. The van der Waals surface area contributed by atoms with Crippen LogP contribution in [0.25, 0.3) is 11.2 Å². The van der Waals surface area contributed by atoms with Gasteiger partial charge in [-0.25, -0.2) is 15.0 Å². The number of nitrogen functional groups attached to an aromatic ring is 1. The third-order valence-electron chi connectivity index (χ3n) is 3.36. The Kier molecular flexibility index (Phi) is 3.12. The van der Waals surface area contributed by atoms with E-state index in [1.165, 1.54) is 17.2 Å². The highest BCUT2D eigenvalue weighted by molar-refractivity contribution is 5.81. The fourth-order valence-electron chi connectivity index (χ4n) is 2.28. The van der Waals surface area contributed by atoms with Gasteiger partial charge < -0.3 is 31.5 Å². The Morgan fingerprint density at radius 1 is 1.29 bits per heavy atom. The van der Waals surface area contributed by atoms with E-state index in [1.54, 1.807) is 0 Å². The van der Waals surface area contributed by atoms with Crippen molar-refractivity contribution < 1.29 is 20.1 Å². The van der Waals surface area contributed by atoms with Gasteiger partial charge in [0.1, 0.15) is 35.9 Å². The molecular weight excluding hydrogens is 280 g/mol. The SMILES string of the molecule is N/C=C(\O)[C@H]1O[C@@H](n2cnc3c(N)ncnc32)[C@H](O)[C@@H]1O. The molecule has 2 aromatic heterocycles. The normalized spacial score (nSPS) is 30.1. The molecule has 21 heavy (non-hydrogen) atoms. The van der Waals surface area contributed by atoms with Crippen LogP contribution in [0, 0.1) is 0 Å². The Labute approximate surface area is 118 Å². The summed E-state index contributed by atoms with van der Waals surface area (Å²) in [4.78, 5) is 11.9. The number of imidazole rings is 1. The molecule has 1 aliphatic rings. The van der Waals surface area contributed by atoms with E-state index in [9.17, 15) is 15.3 Å². The number of anilines is 1. The molecule has 4 atom stereocenters. The monoisotopic (exact) mass is 294 g/mol. The molecule has 112 valence electrons. The standard InChI is InChI=1S/C11H14N6O4/c12-1-4(18)8-6(19)7(20)11(21-8)17-3-16-5-9(13)14-2-15-10(5)17/h1-3,6-8,11,18-20H,12H2,(H2,13,14,15)/b4-1-/t6-,7+,8+,11+/m0/s1. The fourth-order valence-corrected chi connectivity index (χ4v) is 2.28. The Bertz CT molecular complexity index is 701. The first-order valence-corrected chi connectivity index (χ1v) is 6.10. The summed E-state index contributed by atoms with van der Waals surface area (Å²) >= 11 is 0. The van der Waals surface area contributed by atoms with Crippen molar-refractivity contribution in [2.45, 2.75) is 24.5 Å². The van der Waals surface area contributed by atoms with E-state index in [4.69, 9.17) is 16.2 Å². The van der Waals surface area contributed by atoms with Crippen molar-refractivity contribution in [3.8, 4) is 0 Å². The van der Waals surface area contributed by atoms with Crippen LogP contribution in [0.3, 0.4) is 0 Å². The highest BCUT2D eigenvalue weighted by Crippen LogP contribution is 2.33. The van der Waals surface area contributed by atoms with E-state index >= 15 is 0 Å². The summed E-state index contributed by atoms with van der Waals surface area (Å²) < 4.78 is 6.86. The Balaban J connectivity index is 2.02. The number of fused-ring (bicyclic) bond motifs is 1. The molecule has 1 fully saturated rings. The second kappa shape index (κ2) is 4.84. The zero-order valence-corrected chi connectivity index (χ0v) is 10.7. The second-order valence-corrected chi connectivity index (χ2v) is 4.60. The summed E-state index contributed by atoms with van der Waals surface area (Å²) in [6, 6.07) is 0. The molecule has 1 saturated heterocycles. The number of aromatic nitrogens is 4. The molecule has 3 rings (SSSR count). The minimum Gasteiger partial charge on any atom is -0.508 e. The predicted molar refractivity (Wildman–Crippen MR) is 70.6 cm³/mol. The fraction of sp³-hybridized carbons (Fsp3) is 0.364. The van der Waals surface area contributed by atoms with Gasteiger partial charge in [0.15, 0.2) is 17.7 Å².